The maximum Gasteiger partial charge on any atom is 0.162 e. The standard InChI is InChI=1S/C20H19NO2/c1-15-5-4-12-21(15)13-16-8-10-17(11-9-16)20-14-22-18-6-2-3-7-19(18)23-20/h2-12,20H,13-14H2,1H3/t20-/m1/s1. The Morgan fingerprint density at radius 3 is 2.48 bits per heavy atom. The summed E-state index contributed by atoms with van der Waals surface area (Å²) in [6, 6.07) is 20.6. The Balaban J connectivity index is 1.50. The molecule has 1 aliphatic heterocycles. The molecule has 2 aromatic carbocycles. The fourth-order valence-electron chi connectivity index (χ4n) is 2.90. The molecule has 0 saturated carbocycles. The van der Waals surface area contributed by atoms with E-state index in [0.717, 1.165) is 23.6 Å². The van der Waals surface area contributed by atoms with Crippen LogP contribution in [-0.4, -0.2) is 11.2 Å². The number of ether oxygens (including phenoxy) is 2. The molecule has 0 amide bonds. The summed E-state index contributed by atoms with van der Waals surface area (Å²) in [7, 11) is 0. The summed E-state index contributed by atoms with van der Waals surface area (Å²) >= 11 is 0. The van der Waals surface area contributed by atoms with Crippen LogP contribution in [0.2, 0.25) is 0 Å². The molecule has 0 aliphatic carbocycles. The lowest BCUT2D eigenvalue weighted by atomic mass is 10.1. The van der Waals surface area contributed by atoms with E-state index in [2.05, 4.69) is 54.1 Å². The van der Waals surface area contributed by atoms with Crippen molar-refractivity contribution in [3.8, 4) is 11.5 Å². The largest absolute Gasteiger partial charge is 0.485 e. The Bertz CT molecular complexity index is 805. The van der Waals surface area contributed by atoms with Gasteiger partial charge in [0.2, 0.25) is 0 Å². The summed E-state index contributed by atoms with van der Waals surface area (Å²) in [6.45, 7) is 3.57. The van der Waals surface area contributed by atoms with E-state index in [1.54, 1.807) is 0 Å². The highest BCUT2D eigenvalue weighted by atomic mass is 16.6. The highest BCUT2D eigenvalue weighted by molar-refractivity contribution is 5.41. The van der Waals surface area contributed by atoms with E-state index in [0.29, 0.717) is 6.61 Å². The summed E-state index contributed by atoms with van der Waals surface area (Å²) in [5.74, 6) is 1.64. The van der Waals surface area contributed by atoms with E-state index in [-0.39, 0.29) is 6.10 Å². The second-order valence-electron chi connectivity index (χ2n) is 5.88. The van der Waals surface area contributed by atoms with Gasteiger partial charge in [0.05, 0.1) is 0 Å². The zero-order valence-electron chi connectivity index (χ0n) is 13.1. The second kappa shape index (κ2) is 5.84. The molecule has 0 spiro atoms. The van der Waals surface area contributed by atoms with E-state index >= 15 is 0 Å². The third-order valence-corrected chi connectivity index (χ3v) is 4.27. The molecule has 3 aromatic rings. The molecule has 3 nitrogen and oxygen atoms in total. The Morgan fingerprint density at radius 1 is 0.957 bits per heavy atom. The first-order valence-electron chi connectivity index (χ1n) is 7.89. The van der Waals surface area contributed by atoms with E-state index in [1.807, 2.05) is 24.3 Å². The molecule has 116 valence electrons. The molecule has 0 radical (unpaired) electrons. The van der Waals surface area contributed by atoms with Gasteiger partial charge in [-0.15, -0.1) is 0 Å². The first-order valence-corrected chi connectivity index (χ1v) is 7.89. The lowest BCUT2D eigenvalue weighted by Gasteiger charge is -2.26. The number of aromatic nitrogens is 1. The Kier molecular flexibility index (Phi) is 3.54. The lowest BCUT2D eigenvalue weighted by Crippen LogP contribution is -2.21. The topological polar surface area (TPSA) is 23.4 Å². The van der Waals surface area contributed by atoms with Crippen LogP contribution in [0.25, 0.3) is 0 Å². The van der Waals surface area contributed by atoms with Gasteiger partial charge in [-0.05, 0) is 42.3 Å². The van der Waals surface area contributed by atoms with Crippen LogP contribution in [0.15, 0.2) is 66.9 Å². The quantitative estimate of drug-likeness (QED) is 0.718. The zero-order chi connectivity index (χ0) is 15.6. The fraction of sp³-hybridized carbons (Fsp3) is 0.200. The molecule has 3 heteroatoms. The van der Waals surface area contributed by atoms with Gasteiger partial charge in [0.15, 0.2) is 17.6 Å². The maximum absolute atomic E-state index is 6.05. The van der Waals surface area contributed by atoms with E-state index in [4.69, 9.17) is 9.47 Å². The highest BCUT2D eigenvalue weighted by Crippen LogP contribution is 2.35. The molecule has 23 heavy (non-hydrogen) atoms. The Morgan fingerprint density at radius 2 is 1.74 bits per heavy atom. The summed E-state index contributed by atoms with van der Waals surface area (Å²) < 4.78 is 14.1. The smallest absolute Gasteiger partial charge is 0.162 e. The minimum Gasteiger partial charge on any atom is -0.485 e. The van der Waals surface area contributed by atoms with Gasteiger partial charge >= 0.3 is 0 Å². The van der Waals surface area contributed by atoms with Gasteiger partial charge in [-0.1, -0.05) is 36.4 Å². The van der Waals surface area contributed by atoms with Crippen molar-refractivity contribution in [2.75, 3.05) is 6.61 Å². The number of hydrogen-bond acceptors (Lipinski definition) is 2. The minimum absolute atomic E-state index is 0.0488. The summed E-state index contributed by atoms with van der Waals surface area (Å²) in [4.78, 5) is 0. The van der Waals surface area contributed by atoms with Crippen molar-refractivity contribution in [3.05, 3.63) is 83.7 Å². The first-order chi connectivity index (χ1) is 11.3. The molecular formula is C20H19NO2. The molecule has 2 heterocycles. The lowest BCUT2D eigenvalue weighted by molar-refractivity contribution is 0.0913. The van der Waals surface area contributed by atoms with Crippen molar-refractivity contribution in [1.29, 1.82) is 0 Å². The van der Waals surface area contributed by atoms with Gasteiger partial charge in [0, 0.05) is 18.4 Å². The molecule has 1 aliphatic rings. The maximum atomic E-state index is 6.05. The van der Waals surface area contributed by atoms with Crippen molar-refractivity contribution < 1.29 is 9.47 Å². The number of benzene rings is 2. The number of hydrogen-bond donors (Lipinski definition) is 0. The fourth-order valence-corrected chi connectivity index (χ4v) is 2.90. The number of nitrogens with zero attached hydrogens (tertiary/aromatic N) is 1. The molecular weight excluding hydrogens is 286 g/mol. The van der Waals surface area contributed by atoms with Crippen LogP contribution in [0.4, 0.5) is 0 Å². The summed E-state index contributed by atoms with van der Waals surface area (Å²) in [5.41, 5.74) is 3.70. The molecule has 0 bridgehead atoms. The van der Waals surface area contributed by atoms with E-state index in [1.165, 1.54) is 11.3 Å². The Hall–Kier alpha value is -2.68. The SMILES string of the molecule is Cc1cccn1Cc1ccc([C@H]2COc3ccccc3O2)cc1. The van der Waals surface area contributed by atoms with Crippen molar-refractivity contribution in [1.82, 2.24) is 4.57 Å². The van der Waals surface area contributed by atoms with Gasteiger partial charge in [0.25, 0.3) is 0 Å². The van der Waals surface area contributed by atoms with E-state index < -0.39 is 0 Å². The van der Waals surface area contributed by atoms with Crippen LogP contribution in [0.1, 0.15) is 22.9 Å². The minimum atomic E-state index is -0.0488. The average molecular weight is 305 g/mol. The van der Waals surface area contributed by atoms with Crippen LogP contribution in [0.3, 0.4) is 0 Å². The predicted octanol–water partition coefficient (Wildman–Crippen LogP) is 4.36. The highest BCUT2D eigenvalue weighted by Gasteiger charge is 2.21. The normalized spacial score (nSPS) is 16.3. The Labute approximate surface area is 136 Å². The van der Waals surface area contributed by atoms with Crippen LogP contribution in [0.5, 0.6) is 11.5 Å². The number of para-hydroxylation sites is 2. The van der Waals surface area contributed by atoms with Crippen LogP contribution < -0.4 is 9.47 Å². The van der Waals surface area contributed by atoms with Crippen molar-refractivity contribution in [2.45, 2.75) is 19.6 Å². The average Bonchev–Trinajstić information content (AvgIpc) is 3.00. The molecule has 0 fully saturated rings. The second-order valence-corrected chi connectivity index (χ2v) is 5.88. The van der Waals surface area contributed by atoms with Crippen molar-refractivity contribution >= 4 is 0 Å². The molecule has 0 unspecified atom stereocenters. The molecule has 1 atom stereocenters. The third-order valence-electron chi connectivity index (χ3n) is 4.27. The zero-order valence-corrected chi connectivity index (χ0v) is 13.1. The molecule has 1 aromatic heterocycles. The third kappa shape index (κ3) is 2.82. The number of aryl methyl sites for hydroxylation is 1. The first kappa shape index (κ1) is 13.9. The van der Waals surface area contributed by atoms with Crippen molar-refractivity contribution in [3.63, 3.8) is 0 Å². The number of rotatable bonds is 3. The van der Waals surface area contributed by atoms with E-state index in [9.17, 15) is 0 Å². The summed E-state index contributed by atoms with van der Waals surface area (Å²) in [5, 5.41) is 0. The predicted molar refractivity (Wildman–Crippen MR) is 90.0 cm³/mol. The number of fused-ring (bicyclic) bond motifs is 1. The monoisotopic (exact) mass is 305 g/mol. The summed E-state index contributed by atoms with van der Waals surface area (Å²) in [6.07, 6.45) is 2.06. The van der Waals surface area contributed by atoms with Gasteiger partial charge in [-0.2, -0.15) is 0 Å². The van der Waals surface area contributed by atoms with Gasteiger partial charge in [-0.3, -0.25) is 0 Å². The van der Waals surface area contributed by atoms with Crippen LogP contribution >= 0.6 is 0 Å². The van der Waals surface area contributed by atoms with Crippen LogP contribution in [0, 0.1) is 6.92 Å². The molecule has 0 N–H and O–H groups in total. The molecule has 0 saturated heterocycles. The van der Waals surface area contributed by atoms with Crippen molar-refractivity contribution in [2.24, 2.45) is 0 Å². The van der Waals surface area contributed by atoms with Gasteiger partial charge < -0.3 is 14.0 Å². The molecule has 4 rings (SSSR count). The van der Waals surface area contributed by atoms with Gasteiger partial charge in [0.1, 0.15) is 6.61 Å². The van der Waals surface area contributed by atoms with Gasteiger partial charge in [-0.25, -0.2) is 0 Å². The van der Waals surface area contributed by atoms with Crippen LogP contribution in [-0.2, 0) is 6.54 Å².